The van der Waals surface area contributed by atoms with Crippen LogP contribution < -0.4 is 0 Å². The van der Waals surface area contributed by atoms with E-state index in [-0.39, 0.29) is 25.0 Å². The Morgan fingerprint density at radius 3 is 2.64 bits per heavy atom. The highest BCUT2D eigenvalue weighted by Crippen LogP contribution is 2.25. The third kappa shape index (κ3) is 3.75. The molecule has 1 aromatic rings. The largest absolute Gasteiger partial charge is 0.480 e. The first-order valence-electron chi connectivity index (χ1n) is 7.11. The van der Waals surface area contributed by atoms with Crippen molar-refractivity contribution in [2.24, 2.45) is 5.41 Å². The fourth-order valence-corrected chi connectivity index (χ4v) is 2.32. The van der Waals surface area contributed by atoms with Crippen LogP contribution in [0.2, 0.25) is 0 Å². The summed E-state index contributed by atoms with van der Waals surface area (Å²) in [6.45, 7) is 6.07. The number of fused-ring (bicyclic) bond motifs is 1. The predicted octanol–water partition coefficient (Wildman–Crippen LogP) is 2.82. The molecule has 0 spiro atoms. The molecule has 120 valence electrons. The molecule has 1 amide bonds. The van der Waals surface area contributed by atoms with Crippen LogP contribution in [-0.4, -0.2) is 34.7 Å². The van der Waals surface area contributed by atoms with Crippen LogP contribution in [0.5, 0.6) is 0 Å². The van der Waals surface area contributed by atoms with E-state index in [2.05, 4.69) is 0 Å². The average molecular weight is 309 g/mol. The molecular formula is C16H20FNO4. The smallest absolute Gasteiger partial charge is 0.410 e. The summed E-state index contributed by atoms with van der Waals surface area (Å²) >= 11 is 0. The van der Waals surface area contributed by atoms with Crippen LogP contribution in [0.25, 0.3) is 0 Å². The number of hydrogen-bond acceptors (Lipinski definition) is 3. The van der Waals surface area contributed by atoms with Gasteiger partial charge in [-0.2, -0.15) is 0 Å². The molecule has 0 bridgehead atoms. The number of carboxylic acid groups (broad SMARTS) is 1. The first-order valence-corrected chi connectivity index (χ1v) is 7.11. The van der Waals surface area contributed by atoms with Crippen molar-refractivity contribution in [1.29, 1.82) is 0 Å². The van der Waals surface area contributed by atoms with Gasteiger partial charge in [0.2, 0.25) is 0 Å². The molecule has 1 heterocycles. The number of ether oxygens (including phenoxy) is 1. The van der Waals surface area contributed by atoms with E-state index in [1.807, 2.05) is 20.8 Å². The van der Waals surface area contributed by atoms with Crippen molar-refractivity contribution >= 4 is 12.1 Å². The Bertz CT molecular complexity index is 594. The van der Waals surface area contributed by atoms with Crippen LogP contribution in [-0.2, 0) is 22.5 Å². The Kier molecular flexibility index (Phi) is 4.39. The SMILES string of the molecule is CC(C)(C)COC(=O)N1Cc2ccc(F)cc2CC1C(=O)O. The number of halogens is 1. The number of carbonyl (C=O) groups excluding carboxylic acids is 1. The lowest BCUT2D eigenvalue weighted by Gasteiger charge is -2.34. The molecule has 0 fully saturated rings. The van der Waals surface area contributed by atoms with E-state index >= 15 is 0 Å². The number of hydrogen-bond donors (Lipinski definition) is 1. The topological polar surface area (TPSA) is 66.8 Å². The van der Waals surface area contributed by atoms with Crippen LogP contribution in [0, 0.1) is 11.2 Å². The monoisotopic (exact) mass is 309 g/mol. The van der Waals surface area contributed by atoms with Crippen LogP contribution in [0.15, 0.2) is 18.2 Å². The second-order valence-electron chi connectivity index (χ2n) is 6.71. The maximum Gasteiger partial charge on any atom is 0.410 e. The van der Waals surface area contributed by atoms with Crippen molar-refractivity contribution in [3.05, 3.63) is 35.1 Å². The lowest BCUT2D eigenvalue weighted by molar-refractivity contribution is -0.143. The van der Waals surface area contributed by atoms with Gasteiger partial charge in [-0.15, -0.1) is 0 Å². The van der Waals surface area contributed by atoms with Gasteiger partial charge in [-0.05, 0) is 28.7 Å². The summed E-state index contributed by atoms with van der Waals surface area (Å²) in [5, 5.41) is 9.34. The van der Waals surface area contributed by atoms with Crippen molar-refractivity contribution < 1.29 is 23.8 Å². The zero-order valence-electron chi connectivity index (χ0n) is 12.9. The highest BCUT2D eigenvalue weighted by molar-refractivity contribution is 5.81. The highest BCUT2D eigenvalue weighted by atomic mass is 19.1. The number of carbonyl (C=O) groups is 2. The van der Waals surface area contributed by atoms with Gasteiger partial charge in [0.15, 0.2) is 0 Å². The van der Waals surface area contributed by atoms with Crippen LogP contribution in [0.3, 0.4) is 0 Å². The molecular weight excluding hydrogens is 289 g/mol. The molecule has 1 aliphatic rings. The van der Waals surface area contributed by atoms with Gasteiger partial charge >= 0.3 is 12.1 Å². The van der Waals surface area contributed by atoms with Crippen LogP contribution in [0.4, 0.5) is 9.18 Å². The lowest BCUT2D eigenvalue weighted by Crippen LogP contribution is -2.49. The Morgan fingerprint density at radius 2 is 2.05 bits per heavy atom. The Hall–Kier alpha value is -2.11. The molecule has 0 saturated heterocycles. The molecule has 0 aliphatic carbocycles. The van der Waals surface area contributed by atoms with E-state index in [1.54, 1.807) is 6.07 Å². The van der Waals surface area contributed by atoms with E-state index in [9.17, 15) is 19.1 Å². The summed E-state index contributed by atoms with van der Waals surface area (Å²) in [6, 6.07) is 3.16. The first-order chi connectivity index (χ1) is 10.2. The zero-order valence-corrected chi connectivity index (χ0v) is 12.9. The number of carboxylic acids is 1. The minimum Gasteiger partial charge on any atom is -0.480 e. The van der Waals surface area contributed by atoms with Gasteiger partial charge in [-0.25, -0.2) is 14.0 Å². The van der Waals surface area contributed by atoms with Crippen molar-refractivity contribution in [1.82, 2.24) is 4.90 Å². The molecule has 5 nitrogen and oxygen atoms in total. The highest BCUT2D eigenvalue weighted by Gasteiger charge is 2.36. The number of nitrogens with zero attached hydrogens (tertiary/aromatic N) is 1. The Balaban J connectivity index is 2.20. The Labute approximate surface area is 128 Å². The van der Waals surface area contributed by atoms with Crippen molar-refractivity contribution in [2.45, 2.75) is 39.8 Å². The van der Waals surface area contributed by atoms with Crippen molar-refractivity contribution in [2.75, 3.05) is 6.61 Å². The van der Waals surface area contributed by atoms with Gasteiger partial charge in [0, 0.05) is 6.42 Å². The van der Waals surface area contributed by atoms with E-state index in [4.69, 9.17) is 4.74 Å². The molecule has 1 N–H and O–H groups in total. The molecule has 6 heteroatoms. The lowest BCUT2D eigenvalue weighted by atomic mass is 9.94. The van der Waals surface area contributed by atoms with Gasteiger partial charge in [-0.1, -0.05) is 26.8 Å². The van der Waals surface area contributed by atoms with E-state index in [0.29, 0.717) is 5.56 Å². The molecule has 0 saturated carbocycles. The molecule has 0 aromatic heterocycles. The molecule has 1 aromatic carbocycles. The summed E-state index contributed by atoms with van der Waals surface area (Å²) in [5.41, 5.74) is 1.16. The van der Waals surface area contributed by atoms with Gasteiger partial charge in [0.05, 0.1) is 13.2 Å². The average Bonchev–Trinajstić information content (AvgIpc) is 2.42. The molecule has 1 aliphatic heterocycles. The number of benzene rings is 1. The number of amides is 1. The fourth-order valence-electron chi connectivity index (χ4n) is 2.32. The van der Waals surface area contributed by atoms with Gasteiger partial charge in [-0.3, -0.25) is 4.90 Å². The maximum absolute atomic E-state index is 13.3. The summed E-state index contributed by atoms with van der Waals surface area (Å²) in [4.78, 5) is 24.8. The summed E-state index contributed by atoms with van der Waals surface area (Å²) in [5.74, 6) is -1.53. The minimum absolute atomic E-state index is 0.0764. The third-order valence-corrected chi connectivity index (χ3v) is 3.45. The van der Waals surface area contributed by atoms with Crippen molar-refractivity contribution in [3.8, 4) is 0 Å². The third-order valence-electron chi connectivity index (χ3n) is 3.45. The number of rotatable bonds is 2. The fraction of sp³-hybridized carbons (Fsp3) is 0.500. The minimum atomic E-state index is -1.12. The second kappa shape index (κ2) is 5.94. The summed E-state index contributed by atoms with van der Waals surface area (Å²) in [6.07, 6.45) is -0.579. The Morgan fingerprint density at radius 1 is 1.36 bits per heavy atom. The van der Waals surface area contributed by atoms with Crippen molar-refractivity contribution in [3.63, 3.8) is 0 Å². The standard InChI is InChI=1S/C16H20FNO4/c1-16(2,3)9-22-15(21)18-8-10-4-5-12(17)6-11(10)7-13(18)14(19)20/h4-6,13H,7-9H2,1-3H3,(H,19,20). The van der Waals surface area contributed by atoms with E-state index < -0.39 is 23.9 Å². The normalized spacial score (nSPS) is 17.8. The zero-order chi connectivity index (χ0) is 16.5. The van der Waals surface area contributed by atoms with Gasteiger partial charge < -0.3 is 9.84 Å². The van der Waals surface area contributed by atoms with Crippen LogP contribution in [0.1, 0.15) is 31.9 Å². The summed E-state index contributed by atoms with van der Waals surface area (Å²) in [7, 11) is 0. The maximum atomic E-state index is 13.3. The molecule has 2 rings (SSSR count). The summed E-state index contributed by atoms with van der Waals surface area (Å²) < 4.78 is 18.5. The quantitative estimate of drug-likeness (QED) is 0.912. The van der Waals surface area contributed by atoms with Crippen LogP contribution >= 0.6 is 0 Å². The molecule has 1 unspecified atom stereocenters. The molecule has 0 radical (unpaired) electrons. The molecule has 22 heavy (non-hydrogen) atoms. The number of aliphatic carboxylic acids is 1. The van der Waals surface area contributed by atoms with Gasteiger partial charge in [0.1, 0.15) is 11.9 Å². The molecule has 1 atom stereocenters. The van der Waals surface area contributed by atoms with E-state index in [1.165, 1.54) is 17.0 Å². The van der Waals surface area contributed by atoms with E-state index in [0.717, 1.165) is 5.56 Å². The second-order valence-corrected chi connectivity index (χ2v) is 6.71. The predicted molar refractivity (Wildman–Crippen MR) is 77.9 cm³/mol. The first kappa shape index (κ1) is 16.3. The van der Waals surface area contributed by atoms with Gasteiger partial charge in [0.25, 0.3) is 0 Å².